The van der Waals surface area contributed by atoms with Gasteiger partial charge in [0.2, 0.25) is 5.91 Å². The lowest BCUT2D eigenvalue weighted by molar-refractivity contribution is -0.131. The number of fused-ring (bicyclic) bond motifs is 1. The van der Waals surface area contributed by atoms with Crippen LogP contribution in [0.3, 0.4) is 0 Å². The Kier molecular flexibility index (Phi) is 9.48. The quantitative estimate of drug-likeness (QED) is 0.274. The third-order valence-corrected chi connectivity index (χ3v) is 7.61. The van der Waals surface area contributed by atoms with Crippen LogP contribution in [0, 0.1) is 6.92 Å². The predicted octanol–water partition coefficient (Wildman–Crippen LogP) is 5.10. The number of ether oxygens (including phenoxy) is 2. The number of nitrogens with zero attached hydrogens (tertiary/aromatic N) is 4. The normalized spacial score (nSPS) is 16.5. The Morgan fingerprint density at radius 3 is 2.56 bits per heavy atom. The first-order valence-electron chi connectivity index (χ1n) is 15.0. The minimum absolute atomic E-state index is 0.0436. The zero-order chi connectivity index (χ0) is 32.1. The summed E-state index contributed by atoms with van der Waals surface area (Å²) < 4.78 is 17.4. The van der Waals surface area contributed by atoms with Crippen molar-refractivity contribution in [2.75, 3.05) is 30.4 Å². The van der Waals surface area contributed by atoms with Crippen molar-refractivity contribution in [3.63, 3.8) is 0 Å². The summed E-state index contributed by atoms with van der Waals surface area (Å²) in [6.07, 6.45) is 1.81. The Labute approximate surface area is 262 Å². The van der Waals surface area contributed by atoms with Gasteiger partial charge in [0, 0.05) is 50.6 Å². The maximum Gasteiger partial charge on any atom is 0.412 e. The number of hydrogen-bond acceptors (Lipinski definition) is 9. The number of pyridine rings is 1. The molecule has 1 saturated heterocycles. The molecule has 0 bridgehead atoms. The van der Waals surface area contributed by atoms with Crippen LogP contribution in [0.2, 0.25) is 0 Å². The van der Waals surface area contributed by atoms with E-state index in [-0.39, 0.29) is 23.4 Å². The standard InChI is InChI=1S/C34H39N5O6/c1-22-26(37-33(42)45-34(2,3)4)14-15-27-29(22)31(41)44-32(36-27)39-20-25(43-21-23-11-7-6-8-12-23)19-28(39)30(40)38(5)18-16-24-13-9-10-17-35-24/h6-15,17,25,28H,16,18-21H2,1-5H3,(H,37,42)/t25-,28+/m1/s1. The highest BCUT2D eigenvalue weighted by Crippen LogP contribution is 2.30. The van der Waals surface area contributed by atoms with E-state index in [0.717, 1.165) is 11.3 Å². The van der Waals surface area contributed by atoms with E-state index in [1.807, 2.05) is 48.5 Å². The summed E-state index contributed by atoms with van der Waals surface area (Å²) >= 11 is 0. The molecular weight excluding hydrogens is 574 g/mol. The number of nitrogens with one attached hydrogen (secondary N) is 1. The number of carbonyl (C=O) groups is 2. The third kappa shape index (κ3) is 7.85. The van der Waals surface area contributed by atoms with Gasteiger partial charge in [0.1, 0.15) is 11.6 Å². The number of amides is 2. The Balaban J connectivity index is 1.40. The van der Waals surface area contributed by atoms with E-state index in [1.165, 1.54) is 0 Å². The van der Waals surface area contributed by atoms with Crippen LogP contribution < -0.4 is 15.8 Å². The molecule has 3 heterocycles. The van der Waals surface area contributed by atoms with Crippen molar-refractivity contribution in [2.24, 2.45) is 0 Å². The van der Waals surface area contributed by atoms with Crippen LogP contribution in [0.25, 0.3) is 10.9 Å². The molecule has 0 unspecified atom stereocenters. The molecule has 5 rings (SSSR count). The third-order valence-electron chi connectivity index (χ3n) is 7.61. The second-order valence-corrected chi connectivity index (χ2v) is 12.2. The molecule has 0 aliphatic carbocycles. The van der Waals surface area contributed by atoms with Crippen LogP contribution in [0.4, 0.5) is 16.5 Å². The Morgan fingerprint density at radius 2 is 1.84 bits per heavy atom. The number of rotatable bonds is 9. The van der Waals surface area contributed by atoms with Crippen LogP contribution in [-0.4, -0.2) is 64.8 Å². The smallest absolute Gasteiger partial charge is 0.412 e. The lowest BCUT2D eigenvalue weighted by Gasteiger charge is -2.27. The molecule has 0 saturated carbocycles. The Bertz CT molecular complexity index is 1700. The van der Waals surface area contributed by atoms with E-state index in [0.29, 0.717) is 49.3 Å². The van der Waals surface area contributed by atoms with Crippen molar-refractivity contribution < 1.29 is 23.5 Å². The molecule has 4 aromatic rings. The number of anilines is 2. The number of hydrogen-bond donors (Lipinski definition) is 1. The molecule has 236 valence electrons. The molecule has 45 heavy (non-hydrogen) atoms. The summed E-state index contributed by atoms with van der Waals surface area (Å²) in [5.41, 5.74) is 1.91. The second-order valence-electron chi connectivity index (χ2n) is 12.2. The summed E-state index contributed by atoms with van der Waals surface area (Å²) in [6, 6.07) is 18.2. The SMILES string of the molecule is Cc1c(NC(=O)OC(C)(C)C)ccc2nc(N3C[C@H](OCc4ccccc4)C[C@H]3C(=O)N(C)CCc3ccccn3)oc(=O)c12. The van der Waals surface area contributed by atoms with Crippen LogP contribution >= 0.6 is 0 Å². The fourth-order valence-electron chi connectivity index (χ4n) is 5.32. The minimum atomic E-state index is -0.677. The summed E-state index contributed by atoms with van der Waals surface area (Å²) in [4.78, 5) is 52.0. The van der Waals surface area contributed by atoms with Crippen molar-refractivity contribution in [3.8, 4) is 0 Å². The van der Waals surface area contributed by atoms with Gasteiger partial charge in [-0.1, -0.05) is 36.4 Å². The molecule has 2 aromatic carbocycles. The van der Waals surface area contributed by atoms with E-state index in [2.05, 4.69) is 15.3 Å². The molecule has 1 N–H and O–H groups in total. The fourth-order valence-corrected chi connectivity index (χ4v) is 5.32. The number of aromatic nitrogens is 2. The number of carbonyl (C=O) groups excluding carboxylic acids is 2. The largest absolute Gasteiger partial charge is 0.444 e. The lowest BCUT2D eigenvalue weighted by atomic mass is 10.1. The summed E-state index contributed by atoms with van der Waals surface area (Å²) in [7, 11) is 1.76. The van der Waals surface area contributed by atoms with Crippen molar-refractivity contribution in [3.05, 3.63) is 94.1 Å². The van der Waals surface area contributed by atoms with Gasteiger partial charge in [-0.25, -0.2) is 9.59 Å². The highest BCUT2D eigenvalue weighted by molar-refractivity contribution is 5.93. The van der Waals surface area contributed by atoms with Gasteiger partial charge < -0.3 is 23.7 Å². The maximum absolute atomic E-state index is 13.8. The van der Waals surface area contributed by atoms with Crippen LogP contribution in [0.1, 0.15) is 44.0 Å². The van der Waals surface area contributed by atoms with E-state index in [1.54, 1.807) is 62.9 Å². The molecule has 2 atom stereocenters. The van der Waals surface area contributed by atoms with Crippen molar-refractivity contribution in [2.45, 2.75) is 64.9 Å². The molecule has 11 heteroatoms. The summed E-state index contributed by atoms with van der Waals surface area (Å²) in [5, 5.41) is 2.93. The molecule has 0 spiro atoms. The van der Waals surface area contributed by atoms with Crippen LogP contribution in [-0.2, 0) is 27.3 Å². The zero-order valence-electron chi connectivity index (χ0n) is 26.3. The van der Waals surface area contributed by atoms with Crippen molar-refractivity contribution in [1.82, 2.24) is 14.9 Å². The zero-order valence-corrected chi connectivity index (χ0v) is 26.3. The van der Waals surface area contributed by atoms with Gasteiger partial charge in [0.05, 0.1) is 23.6 Å². The topological polar surface area (TPSA) is 127 Å². The van der Waals surface area contributed by atoms with Gasteiger partial charge in [0.15, 0.2) is 0 Å². The van der Waals surface area contributed by atoms with E-state index >= 15 is 0 Å². The molecule has 0 radical (unpaired) electrons. The second kappa shape index (κ2) is 13.5. The molecular formula is C34H39N5O6. The highest BCUT2D eigenvalue weighted by Gasteiger charge is 2.41. The van der Waals surface area contributed by atoms with Crippen LogP contribution in [0.5, 0.6) is 0 Å². The summed E-state index contributed by atoms with van der Waals surface area (Å²) in [6.45, 7) is 8.19. The Hall–Kier alpha value is -4.77. The highest BCUT2D eigenvalue weighted by atomic mass is 16.6. The lowest BCUT2D eigenvalue weighted by Crippen LogP contribution is -2.45. The fraction of sp³-hybridized carbons (Fsp3) is 0.382. The molecule has 11 nitrogen and oxygen atoms in total. The molecule has 2 amide bonds. The first kappa shape index (κ1) is 31.6. The number of aryl methyl sites for hydroxylation is 1. The first-order valence-corrected chi connectivity index (χ1v) is 15.0. The average Bonchev–Trinajstić information content (AvgIpc) is 3.44. The maximum atomic E-state index is 13.8. The number of likely N-dealkylation sites (N-methyl/N-ethyl adjacent to an activating group) is 1. The molecule has 2 aromatic heterocycles. The van der Waals surface area contributed by atoms with Crippen molar-refractivity contribution >= 4 is 34.6 Å². The van der Waals surface area contributed by atoms with Gasteiger partial charge in [0.25, 0.3) is 0 Å². The number of benzene rings is 2. The molecule has 1 aliphatic heterocycles. The van der Waals surface area contributed by atoms with Gasteiger partial charge in [-0.3, -0.25) is 15.1 Å². The summed E-state index contributed by atoms with van der Waals surface area (Å²) in [5.74, 6) is -0.130. The van der Waals surface area contributed by atoms with Gasteiger partial charge >= 0.3 is 17.7 Å². The minimum Gasteiger partial charge on any atom is -0.444 e. The molecule has 1 aliphatic rings. The van der Waals surface area contributed by atoms with E-state index in [9.17, 15) is 14.4 Å². The monoisotopic (exact) mass is 613 g/mol. The van der Waals surface area contributed by atoms with Gasteiger partial charge in [-0.05, 0) is 63.1 Å². The van der Waals surface area contributed by atoms with E-state index < -0.39 is 23.4 Å². The van der Waals surface area contributed by atoms with Gasteiger partial charge in [-0.2, -0.15) is 4.98 Å². The van der Waals surface area contributed by atoms with E-state index in [4.69, 9.17) is 13.9 Å². The molecule has 1 fully saturated rings. The van der Waals surface area contributed by atoms with Crippen LogP contribution in [0.15, 0.2) is 76.1 Å². The predicted molar refractivity (Wildman–Crippen MR) is 171 cm³/mol. The Morgan fingerprint density at radius 1 is 1.09 bits per heavy atom. The average molecular weight is 614 g/mol. The first-order chi connectivity index (χ1) is 21.5. The van der Waals surface area contributed by atoms with Crippen molar-refractivity contribution in [1.29, 1.82) is 0 Å². The van der Waals surface area contributed by atoms with Gasteiger partial charge in [-0.15, -0.1) is 0 Å².